The summed E-state index contributed by atoms with van der Waals surface area (Å²) >= 11 is 3.35. The van der Waals surface area contributed by atoms with Crippen molar-refractivity contribution < 1.29 is 9.53 Å². The lowest BCUT2D eigenvalue weighted by atomic mass is 10.2. The number of carbonyl (C=O) groups excluding carboxylic acids is 1. The molecule has 0 N–H and O–H groups in total. The van der Waals surface area contributed by atoms with E-state index in [4.69, 9.17) is 4.74 Å². The topological polar surface area (TPSA) is 26.3 Å². The summed E-state index contributed by atoms with van der Waals surface area (Å²) in [6, 6.07) is 0. The van der Waals surface area contributed by atoms with Crippen molar-refractivity contribution in [3.63, 3.8) is 0 Å². The number of carbonyl (C=O) groups is 1. The molecular formula is C14H26O2S2. The third-order valence-corrected chi connectivity index (χ3v) is 6.42. The van der Waals surface area contributed by atoms with Crippen LogP contribution >= 0.6 is 23.5 Å². The second kappa shape index (κ2) is 6.56. The summed E-state index contributed by atoms with van der Waals surface area (Å²) in [6.45, 7) is 8.54. The highest BCUT2D eigenvalue weighted by atomic mass is 32.2. The second-order valence-corrected chi connectivity index (χ2v) is 9.33. The second-order valence-electron chi connectivity index (χ2n) is 5.84. The van der Waals surface area contributed by atoms with Gasteiger partial charge in [0.15, 0.2) is 4.08 Å². The minimum Gasteiger partial charge on any atom is -0.461 e. The van der Waals surface area contributed by atoms with E-state index in [1.54, 1.807) is 23.5 Å². The number of rotatable bonds is 5. The minimum atomic E-state index is -0.444. The molecule has 0 bridgehead atoms. The van der Waals surface area contributed by atoms with Crippen LogP contribution in [0.2, 0.25) is 0 Å². The van der Waals surface area contributed by atoms with E-state index in [0.29, 0.717) is 0 Å². The van der Waals surface area contributed by atoms with Crippen LogP contribution in [0.3, 0.4) is 0 Å². The van der Waals surface area contributed by atoms with Gasteiger partial charge in [-0.3, -0.25) is 0 Å². The smallest absolute Gasteiger partial charge is 0.332 e. The summed E-state index contributed by atoms with van der Waals surface area (Å²) in [4.78, 5) is 12.5. The first-order valence-corrected chi connectivity index (χ1v) is 8.83. The molecule has 1 saturated carbocycles. The number of esters is 1. The molecule has 2 nitrogen and oxygen atoms in total. The normalized spacial score (nSPS) is 20.7. The summed E-state index contributed by atoms with van der Waals surface area (Å²) in [6.07, 6.45) is 7.46. The maximum Gasteiger partial charge on any atom is 0.332 e. The van der Waals surface area contributed by atoms with Gasteiger partial charge in [-0.05, 0) is 38.4 Å². The molecule has 1 aliphatic rings. The van der Waals surface area contributed by atoms with Crippen LogP contribution in [0.15, 0.2) is 0 Å². The van der Waals surface area contributed by atoms with Gasteiger partial charge in [0, 0.05) is 4.75 Å². The van der Waals surface area contributed by atoms with E-state index in [1.807, 2.05) is 6.26 Å². The third kappa shape index (κ3) is 4.37. The minimum absolute atomic E-state index is 0.0238. The van der Waals surface area contributed by atoms with Gasteiger partial charge in [-0.1, -0.05) is 27.7 Å². The Hall–Kier alpha value is 0.170. The highest BCUT2D eigenvalue weighted by Gasteiger charge is 2.43. The molecule has 1 aliphatic carbocycles. The number of hydrogen-bond acceptors (Lipinski definition) is 4. The number of ether oxygens (including phenoxy) is 1. The zero-order valence-corrected chi connectivity index (χ0v) is 13.9. The lowest BCUT2D eigenvalue weighted by molar-refractivity contribution is -0.149. The summed E-state index contributed by atoms with van der Waals surface area (Å²) in [7, 11) is 0. The Balaban J connectivity index is 2.72. The van der Waals surface area contributed by atoms with E-state index >= 15 is 0 Å². The third-order valence-electron chi connectivity index (χ3n) is 3.15. The monoisotopic (exact) mass is 290 g/mol. The van der Waals surface area contributed by atoms with E-state index in [2.05, 4.69) is 27.7 Å². The lowest BCUT2D eigenvalue weighted by Gasteiger charge is -2.34. The van der Waals surface area contributed by atoms with Gasteiger partial charge in [-0.2, -0.15) is 0 Å². The lowest BCUT2D eigenvalue weighted by Crippen LogP contribution is -2.38. The van der Waals surface area contributed by atoms with Gasteiger partial charge in [-0.25, -0.2) is 4.79 Å². The fourth-order valence-corrected chi connectivity index (χ4v) is 5.12. The quantitative estimate of drug-likeness (QED) is 0.551. The number of thioether (sulfide) groups is 2. The zero-order chi connectivity index (χ0) is 13.8. The molecule has 0 aliphatic heterocycles. The van der Waals surface area contributed by atoms with Crippen molar-refractivity contribution in [1.82, 2.24) is 0 Å². The van der Waals surface area contributed by atoms with Crippen molar-refractivity contribution in [1.29, 1.82) is 0 Å². The van der Waals surface area contributed by atoms with Gasteiger partial charge in [0.25, 0.3) is 0 Å². The molecule has 1 unspecified atom stereocenters. The molecular weight excluding hydrogens is 264 g/mol. The van der Waals surface area contributed by atoms with E-state index in [-0.39, 0.29) is 16.8 Å². The van der Waals surface area contributed by atoms with E-state index < -0.39 is 4.08 Å². The number of hydrogen-bond donors (Lipinski definition) is 0. The molecule has 0 aromatic rings. The van der Waals surface area contributed by atoms with Crippen LogP contribution in [0.25, 0.3) is 0 Å². The van der Waals surface area contributed by atoms with Gasteiger partial charge in [0.1, 0.15) is 6.10 Å². The summed E-state index contributed by atoms with van der Waals surface area (Å²) in [5, 5.41) is 0. The van der Waals surface area contributed by atoms with E-state index in [0.717, 1.165) is 19.3 Å². The molecule has 1 rings (SSSR count). The fourth-order valence-electron chi connectivity index (χ4n) is 2.27. The highest BCUT2D eigenvalue weighted by molar-refractivity contribution is 8.19. The zero-order valence-electron chi connectivity index (χ0n) is 12.2. The van der Waals surface area contributed by atoms with Crippen molar-refractivity contribution >= 4 is 29.5 Å². The Kier molecular flexibility index (Phi) is 5.91. The molecule has 0 amide bonds. The van der Waals surface area contributed by atoms with Gasteiger partial charge < -0.3 is 4.74 Å². The Labute approximate surface area is 120 Å². The van der Waals surface area contributed by atoms with Crippen LogP contribution in [0.1, 0.15) is 59.8 Å². The molecule has 0 spiro atoms. The van der Waals surface area contributed by atoms with Crippen molar-refractivity contribution in [3.05, 3.63) is 0 Å². The molecule has 1 atom stereocenters. The standard InChI is InChI=1S/C14H26O2S2/c1-6-14(17-5,18-13(2,3)4)12(15)16-11-9-7-8-10-11/h11H,6-10H2,1-5H3. The Bertz CT molecular complexity index is 274. The van der Waals surface area contributed by atoms with Crippen molar-refractivity contribution in [3.8, 4) is 0 Å². The Morgan fingerprint density at radius 3 is 2.22 bits per heavy atom. The van der Waals surface area contributed by atoms with Crippen LogP contribution in [-0.2, 0) is 9.53 Å². The fraction of sp³-hybridized carbons (Fsp3) is 0.929. The first-order valence-electron chi connectivity index (χ1n) is 6.79. The summed E-state index contributed by atoms with van der Waals surface area (Å²) in [5.41, 5.74) is 0. The molecule has 0 heterocycles. The molecule has 0 aromatic carbocycles. The van der Waals surface area contributed by atoms with Gasteiger partial charge in [0.05, 0.1) is 0 Å². The summed E-state index contributed by atoms with van der Waals surface area (Å²) in [5.74, 6) is -0.0238. The van der Waals surface area contributed by atoms with Crippen molar-refractivity contribution in [2.24, 2.45) is 0 Å². The van der Waals surface area contributed by atoms with E-state index in [1.165, 1.54) is 12.8 Å². The molecule has 18 heavy (non-hydrogen) atoms. The largest absolute Gasteiger partial charge is 0.461 e. The predicted molar refractivity (Wildman–Crippen MR) is 82.2 cm³/mol. The van der Waals surface area contributed by atoms with Gasteiger partial charge in [-0.15, -0.1) is 23.5 Å². The Morgan fingerprint density at radius 2 is 1.83 bits per heavy atom. The molecule has 4 heteroatoms. The average molecular weight is 290 g/mol. The molecule has 1 fully saturated rings. The molecule has 0 radical (unpaired) electrons. The van der Waals surface area contributed by atoms with Crippen molar-refractivity contribution in [2.45, 2.75) is 74.7 Å². The first-order chi connectivity index (χ1) is 8.33. The van der Waals surface area contributed by atoms with Crippen LogP contribution < -0.4 is 0 Å². The average Bonchev–Trinajstić information content (AvgIpc) is 2.77. The van der Waals surface area contributed by atoms with Gasteiger partial charge >= 0.3 is 5.97 Å². The molecule has 0 saturated heterocycles. The molecule has 0 aromatic heterocycles. The van der Waals surface area contributed by atoms with E-state index in [9.17, 15) is 4.79 Å². The Morgan fingerprint density at radius 1 is 1.28 bits per heavy atom. The van der Waals surface area contributed by atoms with Crippen molar-refractivity contribution in [2.75, 3.05) is 6.26 Å². The highest BCUT2D eigenvalue weighted by Crippen LogP contribution is 2.47. The maximum absolute atomic E-state index is 12.5. The first kappa shape index (κ1) is 16.2. The van der Waals surface area contributed by atoms with Crippen LogP contribution in [-0.4, -0.2) is 27.2 Å². The predicted octanol–water partition coefficient (Wildman–Crippen LogP) is 4.47. The van der Waals surface area contributed by atoms with Crippen LogP contribution in [0, 0.1) is 0 Å². The summed E-state index contributed by atoms with van der Waals surface area (Å²) < 4.78 is 5.34. The van der Waals surface area contributed by atoms with Crippen LogP contribution in [0.5, 0.6) is 0 Å². The van der Waals surface area contributed by atoms with Crippen LogP contribution in [0.4, 0.5) is 0 Å². The maximum atomic E-state index is 12.5. The molecule has 106 valence electrons. The SMILES string of the molecule is CCC(SC)(SC(C)(C)C)C(=O)OC1CCCC1. The van der Waals surface area contributed by atoms with Gasteiger partial charge in [0.2, 0.25) is 0 Å².